The van der Waals surface area contributed by atoms with E-state index in [1.165, 1.54) is 0 Å². The molecule has 0 spiro atoms. The van der Waals surface area contributed by atoms with Crippen LogP contribution in [0.4, 0.5) is 4.79 Å². The van der Waals surface area contributed by atoms with Crippen molar-refractivity contribution in [1.29, 1.82) is 0 Å². The van der Waals surface area contributed by atoms with Crippen LogP contribution in [0, 0.1) is 0 Å². The molecule has 0 bridgehead atoms. The Bertz CT molecular complexity index is 1160. The monoisotopic (exact) mass is 580 g/mol. The average Bonchev–Trinajstić information content (AvgIpc) is 3.00. The van der Waals surface area contributed by atoms with Crippen LogP contribution in [0.5, 0.6) is 0 Å². The van der Waals surface area contributed by atoms with Gasteiger partial charge in [-0.25, -0.2) is 4.79 Å². The lowest BCUT2D eigenvalue weighted by atomic mass is 9.98. The number of hydrogen-bond acceptors (Lipinski definition) is 7. The Morgan fingerprint density at radius 2 is 1.29 bits per heavy atom. The van der Waals surface area contributed by atoms with Crippen LogP contribution in [0.2, 0.25) is 0 Å². The summed E-state index contributed by atoms with van der Waals surface area (Å²) in [7, 11) is 0. The molecule has 1 aliphatic heterocycles. The summed E-state index contributed by atoms with van der Waals surface area (Å²) in [4.78, 5) is 12.0. The Labute approximate surface area is 246 Å². The fourth-order valence-electron chi connectivity index (χ4n) is 4.60. The molecular formula is C33H37ClO7. The highest BCUT2D eigenvalue weighted by atomic mass is 35.5. The predicted molar refractivity (Wildman–Crippen MR) is 156 cm³/mol. The van der Waals surface area contributed by atoms with E-state index >= 15 is 0 Å². The average molecular weight is 581 g/mol. The molecule has 5 atom stereocenters. The van der Waals surface area contributed by atoms with Crippen LogP contribution in [0.1, 0.15) is 29.5 Å². The Kier molecular flexibility index (Phi) is 12.8. The first-order valence-electron chi connectivity index (χ1n) is 13.8. The summed E-state index contributed by atoms with van der Waals surface area (Å²) < 4.78 is 37.1. The summed E-state index contributed by atoms with van der Waals surface area (Å²) in [6.07, 6.45) is -0.604. The van der Waals surface area contributed by atoms with Crippen LogP contribution in [0.3, 0.4) is 0 Å². The van der Waals surface area contributed by atoms with E-state index in [9.17, 15) is 4.79 Å². The van der Waals surface area contributed by atoms with Crippen LogP contribution in [-0.2, 0) is 48.2 Å². The highest BCUT2D eigenvalue weighted by molar-refractivity contribution is 6.61. The molecule has 1 aliphatic rings. The van der Waals surface area contributed by atoms with Crippen LogP contribution in [0.25, 0.3) is 0 Å². The Balaban J connectivity index is 1.59. The summed E-state index contributed by atoms with van der Waals surface area (Å²) in [6.45, 7) is 5.28. The molecule has 3 aromatic carbocycles. The number of carbonyl (C=O) groups is 1. The van der Waals surface area contributed by atoms with Crippen LogP contribution in [-0.4, -0.2) is 49.3 Å². The highest BCUT2D eigenvalue weighted by Gasteiger charge is 2.50. The Morgan fingerprint density at radius 1 is 0.756 bits per heavy atom. The minimum Gasteiger partial charge on any atom is -0.442 e. The molecule has 3 aromatic rings. The fourth-order valence-corrected chi connectivity index (χ4v) is 4.70. The number of benzene rings is 3. The summed E-state index contributed by atoms with van der Waals surface area (Å²) in [5.74, 6) is 0. The van der Waals surface area contributed by atoms with Gasteiger partial charge in [0.1, 0.15) is 18.3 Å². The Morgan fingerprint density at radius 3 is 1.83 bits per heavy atom. The molecular weight excluding hydrogens is 544 g/mol. The molecule has 0 aromatic heterocycles. The molecule has 8 heteroatoms. The maximum Gasteiger partial charge on any atom is 0.404 e. The standard InChI is InChI=1S/C33H37ClO7/c1-2-3-13-20-37-32-31(41-33(34)35)30(39-23-27-18-11-6-12-19-27)29(38-22-26-16-9-5-10-17-26)28(40-32)24-36-21-25-14-7-4-8-15-25/h2,4-12,14-19,28-32H,1,3,13,20-24H2/t28-,29-,30+,31+,32+/m1/s1. The van der Waals surface area contributed by atoms with E-state index in [2.05, 4.69) is 6.58 Å². The summed E-state index contributed by atoms with van der Waals surface area (Å²) >= 11 is 5.74. The molecule has 0 N–H and O–H groups in total. The first-order valence-corrected chi connectivity index (χ1v) is 14.2. The smallest absolute Gasteiger partial charge is 0.404 e. The van der Waals surface area contributed by atoms with Crippen molar-refractivity contribution in [1.82, 2.24) is 0 Å². The zero-order valence-corrected chi connectivity index (χ0v) is 23.8. The normalized spacial score (nSPS) is 22.2. The zero-order chi connectivity index (χ0) is 28.7. The maximum absolute atomic E-state index is 12.0. The van der Waals surface area contributed by atoms with Crippen molar-refractivity contribution in [3.8, 4) is 0 Å². The number of carbonyl (C=O) groups excluding carboxylic acids is 1. The molecule has 41 heavy (non-hydrogen) atoms. The first-order chi connectivity index (χ1) is 20.1. The van der Waals surface area contributed by atoms with Gasteiger partial charge in [0.15, 0.2) is 12.4 Å². The van der Waals surface area contributed by atoms with E-state index < -0.39 is 36.1 Å². The van der Waals surface area contributed by atoms with Crippen molar-refractivity contribution in [2.24, 2.45) is 0 Å². The van der Waals surface area contributed by atoms with Crippen molar-refractivity contribution >= 4 is 17.0 Å². The van der Waals surface area contributed by atoms with Gasteiger partial charge < -0.3 is 28.4 Å². The maximum atomic E-state index is 12.0. The molecule has 0 unspecified atom stereocenters. The van der Waals surface area contributed by atoms with E-state index in [-0.39, 0.29) is 13.2 Å². The largest absolute Gasteiger partial charge is 0.442 e. The van der Waals surface area contributed by atoms with Gasteiger partial charge in [0.05, 0.1) is 33.0 Å². The van der Waals surface area contributed by atoms with Gasteiger partial charge in [-0.05, 0) is 29.5 Å². The van der Waals surface area contributed by atoms with Gasteiger partial charge >= 0.3 is 5.43 Å². The molecule has 1 heterocycles. The lowest BCUT2D eigenvalue weighted by Gasteiger charge is -2.45. The van der Waals surface area contributed by atoms with Crippen LogP contribution >= 0.6 is 11.6 Å². The summed E-state index contributed by atoms with van der Waals surface area (Å²) in [6, 6.07) is 29.4. The fraction of sp³-hybridized carbons (Fsp3) is 0.364. The van der Waals surface area contributed by atoms with E-state index in [1.807, 2.05) is 97.1 Å². The number of allylic oxidation sites excluding steroid dienone is 1. The SMILES string of the molecule is C=CCCCO[C@H]1O[C@H](COCc2ccccc2)[C@@H](OCc2ccccc2)[C@H](OCc2ccccc2)[C@@H]1OC(=O)Cl. The van der Waals surface area contributed by atoms with E-state index in [0.717, 1.165) is 29.5 Å². The topological polar surface area (TPSA) is 72.5 Å². The second kappa shape index (κ2) is 17.0. The van der Waals surface area contributed by atoms with Gasteiger partial charge in [-0.1, -0.05) is 97.1 Å². The van der Waals surface area contributed by atoms with E-state index in [4.69, 9.17) is 40.0 Å². The number of ether oxygens (including phenoxy) is 6. The van der Waals surface area contributed by atoms with Gasteiger partial charge in [0, 0.05) is 11.6 Å². The summed E-state index contributed by atoms with van der Waals surface area (Å²) in [5.41, 5.74) is 1.99. The van der Waals surface area contributed by atoms with Crippen molar-refractivity contribution in [2.75, 3.05) is 13.2 Å². The predicted octanol–water partition coefficient (Wildman–Crippen LogP) is 6.83. The molecule has 4 rings (SSSR count). The van der Waals surface area contributed by atoms with E-state index in [1.54, 1.807) is 0 Å². The minimum atomic E-state index is -0.979. The molecule has 0 amide bonds. The lowest BCUT2D eigenvalue weighted by molar-refractivity contribution is -0.316. The third kappa shape index (κ3) is 10.1. The molecule has 1 fully saturated rings. The second-order valence-electron chi connectivity index (χ2n) is 9.69. The van der Waals surface area contributed by atoms with Crippen molar-refractivity contribution < 1.29 is 33.2 Å². The molecule has 1 saturated heterocycles. The van der Waals surface area contributed by atoms with Crippen LogP contribution in [0.15, 0.2) is 104 Å². The second-order valence-corrected chi connectivity index (χ2v) is 10.00. The van der Waals surface area contributed by atoms with Gasteiger partial charge in [0.2, 0.25) is 0 Å². The van der Waals surface area contributed by atoms with Crippen molar-refractivity contribution in [3.63, 3.8) is 0 Å². The first kappa shape index (κ1) is 30.9. The quantitative estimate of drug-likeness (QED) is 0.104. The third-order valence-electron chi connectivity index (χ3n) is 6.62. The molecule has 0 radical (unpaired) electrons. The number of hydrogen-bond donors (Lipinski definition) is 0. The van der Waals surface area contributed by atoms with Gasteiger partial charge in [-0.3, -0.25) is 0 Å². The Hall–Kier alpha value is -3.04. The van der Waals surface area contributed by atoms with Crippen molar-refractivity contribution in [3.05, 3.63) is 120 Å². The van der Waals surface area contributed by atoms with Gasteiger partial charge in [-0.15, -0.1) is 6.58 Å². The molecule has 0 aliphatic carbocycles. The van der Waals surface area contributed by atoms with Gasteiger partial charge in [-0.2, -0.15) is 0 Å². The molecule has 0 saturated carbocycles. The van der Waals surface area contributed by atoms with E-state index in [0.29, 0.717) is 19.8 Å². The zero-order valence-electron chi connectivity index (χ0n) is 23.0. The number of rotatable bonds is 16. The highest BCUT2D eigenvalue weighted by Crippen LogP contribution is 2.31. The molecule has 218 valence electrons. The number of unbranched alkanes of at least 4 members (excludes halogenated alkanes) is 1. The van der Waals surface area contributed by atoms with Crippen molar-refractivity contribution in [2.45, 2.75) is 63.4 Å². The minimum absolute atomic E-state index is 0.202. The van der Waals surface area contributed by atoms with Crippen LogP contribution < -0.4 is 0 Å². The third-order valence-corrected chi connectivity index (χ3v) is 6.71. The number of halogens is 1. The van der Waals surface area contributed by atoms with Gasteiger partial charge in [0.25, 0.3) is 0 Å². The summed E-state index contributed by atoms with van der Waals surface area (Å²) in [5, 5.41) is 0. The molecule has 7 nitrogen and oxygen atoms in total. The lowest BCUT2D eigenvalue weighted by Crippen LogP contribution is -2.62.